The highest BCUT2D eigenvalue weighted by atomic mass is 35.5. The predicted molar refractivity (Wildman–Crippen MR) is 233 cm³/mol. The fourth-order valence-corrected chi connectivity index (χ4v) is 6.98. The lowest BCUT2D eigenvalue weighted by atomic mass is 9.90. The van der Waals surface area contributed by atoms with Crippen LogP contribution in [0.2, 0.25) is 0 Å². The zero-order valence-electron chi connectivity index (χ0n) is 32.2. The highest BCUT2D eigenvalue weighted by molar-refractivity contribution is 6.10. The molecule has 0 fully saturated rings. The summed E-state index contributed by atoms with van der Waals surface area (Å²) in [5.41, 5.74) is 11.2. The average Bonchev–Trinajstić information content (AvgIpc) is 3.22. The highest BCUT2D eigenvalue weighted by Gasteiger charge is 2.20. The summed E-state index contributed by atoms with van der Waals surface area (Å²) < 4.78 is 5.48. The summed E-state index contributed by atoms with van der Waals surface area (Å²) in [6, 6.07) is 26.3. The van der Waals surface area contributed by atoms with E-state index in [0.717, 1.165) is 69.4 Å². The molecule has 288 valence electrons. The Morgan fingerprint density at radius 2 is 1.30 bits per heavy atom. The van der Waals surface area contributed by atoms with Crippen molar-refractivity contribution in [1.29, 1.82) is 0 Å². The molecule has 2 amide bonds. The number of rotatable bonds is 12. The molecule has 0 radical (unpaired) electrons. The van der Waals surface area contributed by atoms with Crippen molar-refractivity contribution in [2.75, 3.05) is 30.8 Å². The molecule has 10 heteroatoms. The Hall–Kier alpha value is -6.19. The van der Waals surface area contributed by atoms with Gasteiger partial charge in [-0.25, -0.2) is 0 Å². The maximum atomic E-state index is 12.8. The number of anilines is 4. The number of aromatic nitrogens is 2. The third kappa shape index (κ3) is 9.01. The number of methoxy groups -OCH3 is 1. The summed E-state index contributed by atoms with van der Waals surface area (Å²) in [6.07, 6.45) is 12.0. The lowest BCUT2D eigenvalue weighted by Gasteiger charge is -2.22. The van der Waals surface area contributed by atoms with Gasteiger partial charge in [-0.3, -0.25) is 19.6 Å². The van der Waals surface area contributed by atoms with Gasteiger partial charge in [0.05, 0.1) is 35.1 Å². The average molecular weight is 769 g/mol. The summed E-state index contributed by atoms with van der Waals surface area (Å²) in [6.45, 7) is 12.3. The largest absolute Gasteiger partial charge is 0.494 e. The molecule has 9 nitrogen and oxygen atoms in total. The highest BCUT2D eigenvalue weighted by Crippen LogP contribution is 2.37. The monoisotopic (exact) mass is 768 g/mol. The van der Waals surface area contributed by atoms with Gasteiger partial charge in [0, 0.05) is 47.6 Å². The van der Waals surface area contributed by atoms with Crippen LogP contribution in [0.4, 0.5) is 22.7 Å². The lowest BCUT2D eigenvalue weighted by Crippen LogP contribution is -2.24. The molecule has 0 saturated heterocycles. The summed E-state index contributed by atoms with van der Waals surface area (Å²) in [7, 11) is 1.63. The number of nitrogens with one attached hydrogen (secondary N) is 4. The first-order valence-electron chi connectivity index (χ1n) is 18.7. The summed E-state index contributed by atoms with van der Waals surface area (Å²) in [5, 5.41) is 14.6. The molecule has 4 N–H and O–H groups in total. The first-order valence-corrected chi connectivity index (χ1v) is 18.7. The van der Waals surface area contributed by atoms with Gasteiger partial charge >= 0.3 is 0 Å². The molecule has 1 aliphatic carbocycles. The number of benzene rings is 4. The number of halogens is 1. The minimum atomic E-state index is -0.186. The standard InChI is InChI=1S/C24H25N3O2.C22H23N3O.ClH/c1-3-14-25-24(28)19-15-26-23-18(11-7-13-21(23)29-2)22(19)27-20-12-6-9-16-8-4-5-10-17(16)20;1-4-13-23-22(26)18-14-24-20-15(3)9-8-11-17(20)21(18)25-19-12-7-6-10-16(19)5-2;/h3,6-7,9,11-13,15H,1,4-5,8,10,14H2,2H3,(H,25,28)(H,26,27);4,6-12,14H,1,5,13H2,2-3H3,(H,23,26)(H,24,25);1H. The fraction of sp³-hybridized carbons (Fsp3) is 0.217. The molecular weight excluding hydrogens is 720 g/mol. The third-order valence-corrected chi connectivity index (χ3v) is 9.80. The topological polar surface area (TPSA) is 117 Å². The zero-order chi connectivity index (χ0) is 38.7. The summed E-state index contributed by atoms with van der Waals surface area (Å²) >= 11 is 0. The Kier molecular flexibility index (Phi) is 14.2. The Morgan fingerprint density at radius 1 is 0.732 bits per heavy atom. The molecule has 0 bridgehead atoms. The van der Waals surface area contributed by atoms with Crippen LogP contribution in [0, 0.1) is 6.92 Å². The van der Waals surface area contributed by atoms with Gasteiger partial charge in [0.2, 0.25) is 0 Å². The molecule has 0 saturated carbocycles. The van der Waals surface area contributed by atoms with Crippen molar-refractivity contribution in [3.05, 3.63) is 150 Å². The minimum Gasteiger partial charge on any atom is -0.494 e. The third-order valence-electron chi connectivity index (χ3n) is 9.80. The van der Waals surface area contributed by atoms with E-state index in [4.69, 9.17) is 4.74 Å². The molecule has 4 aromatic carbocycles. The number of carbonyl (C=O) groups excluding carboxylic acids is 2. The van der Waals surface area contributed by atoms with Crippen LogP contribution < -0.4 is 26.0 Å². The maximum absolute atomic E-state index is 12.8. The van der Waals surface area contributed by atoms with Crippen LogP contribution in [0.3, 0.4) is 0 Å². The molecule has 0 unspecified atom stereocenters. The first kappa shape index (κ1) is 41.0. The lowest BCUT2D eigenvalue weighted by molar-refractivity contribution is 0.0950. The second-order valence-electron chi connectivity index (χ2n) is 13.3. The maximum Gasteiger partial charge on any atom is 0.255 e. The molecule has 1 aliphatic rings. The van der Waals surface area contributed by atoms with Crippen LogP contribution in [-0.4, -0.2) is 42.0 Å². The van der Waals surface area contributed by atoms with Crippen molar-refractivity contribution in [1.82, 2.24) is 20.6 Å². The van der Waals surface area contributed by atoms with Crippen LogP contribution in [-0.2, 0) is 19.3 Å². The minimum absolute atomic E-state index is 0. The van der Waals surface area contributed by atoms with Crippen LogP contribution in [0.25, 0.3) is 21.8 Å². The second-order valence-corrected chi connectivity index (χ2v) is 13.3. The van der Waals surface area contributed by atoms with Crippen molar-refractivity contribution < 1.29 is 14.3 Å². The molecule has 7 rings (SSSR count). The van der Waals surface area contributed by atoms with Crippen LogP contribution in [0.1, 0.15) is 62.7 Å². The van der Waals surface area contributed by atoms with E-state index in [-0.39, 0.29) is 24.2 Å². The Morgan fingerprint density at radius 3 is 1.96 bits per heavy atom. The first-order chi connectivity index (χ1) is 26.9. The molecule has 0 aliphatic heterocycles. The molecule has 6 aromatic rings. The van der Waals surface area contributed by atoms with Crippen LogP contribution in [0.5, 0.6) is 5.75 Å². The van der Waals surface area contributed by atoms with Crippen molar-refractivity contribution in [3.8, 4) is 5.75 Å². The zero-order valence-corrected chi connectivity index (χ0v) is 33.0. The summed E-state index contributed by atoms with van der Waals surface area (Å²) in [4.78, 5) is 34.5. The van der Waals surface area contributed by atoms with Gasteiger partial charge in [-0.2, -0.15) is 0 Å². The molecular formula is C46H49ClN6O3. The number of ether oxygens (including phenoxy) is 1. The summed E-state index contributed by atoms with van der Waals surface area (Å²) in [5.74, 6) is 0.324. The van der Waals surface area contributed by atoms with Crippen molar-refractivity contribution in [2.24, 2.45) is 0 Å². The smallest absolute Gasteiger partial charge is 0.255 e. The van der Waals surface area contributed by atoms with E-state index in [1.54, 1.807) is 31.7 Å². The molecule has 0 atom stereocenters. The van der Waals surface area contributed by atoms with Crippen molar-refractivity contribution in [3.63, 3.8) is 0 Å². The van der Waals surface area contributed by atoms with E-state index in [9.17, 15) is 9.59 Å². The van der Waals surface area contributed by atoms with Gasteiger partial charge in [0.25, 0.3) is 11.8 Å². The van der Waals surface area contributed by atoms with Gasteiger partial charge < -0.3 is 26.0 Å². The van der Waals surface area contributed by atoms with E-state index < -0.39 is 0 Å². The molecule has 2 aromatic heterocycles. The fourth-order valence-electron chi connectivity index (χ4n) is 6.98. The number of nitrogens with zero attached hydrogens (tertiary/aromatic N) is 2. The number of pyridine rings is 2. The van der Waals surface area contributed by atoms with Crippen molar-refractivity contribution >= 4 is 68.8 Å². The number of hydrogen-bond acceptors (Lipinski definition) is 7. The Labute approximate surface area is 335 Å². The van der Waals surface area contributed by atoms with Crippen LogP contribution in [0.15, 0.2) is 117 Å². The number of hydrogen-bond donors (Lipinski definition) is 4. The van der Waals surface area contributed by atoms with Crippen LogP contribution >= 0.6 is 12.4 Å². The number of fused-ring (bicyclic) bond motifs is 3. The van der Waals surface area contributed by atoms with E-state index in [0.29, 0.717) is 30.0 Å². The Balaban J connectivity index is 0.000000212. The molecule has 2 heterocycles. The van der Waals surface area contributed by atoms with Gasteiger partial charge in [0.15, 0.2) is 0 Å². The number of amides is 2. The second kappa shape index (κ2) is 19.4. The molecule has 0 spiro atoms. The van der Waals surface area contributed by atoms with E-state index in [2.05, 4.69) is 75.6 Å². The van der Waals surface area contributed by atoms with Gasteiger partial charge in [-0.15, -0.1) is 25.6 Å². The van der Waals surface area contributed by atoms with Crippen molar-refractivity contribution in [2.45, 2.75) is 46.0 Å². The number of carbonyl (C=O) groups is 2. The van der Waals surface area contributed by atoms with Gasteiger partial charge in [-0.05, 0) is 79.5 Å². The predicted octanol–water partition coefficient (Wildman–Crippen LogP) is 9.97. The van der Waals surface area contributed by atoms with Gasteiger partial charge in [0.1, 0.15) is 11.3 Å². The van der Waals surface area contributed by atoms with E-state index in [1.165, 1.54) is 29.5 Å². The van der Waals surface area contributed by atoms with Gasteiger partial charge in [-0.1, -0.05) is 79.7 Å². The number of aryl methyl sites for hydroxylation is 3. The normalized spacial score (nSPS) is 11.6. The van der Waals surface area contributed by atoms with E-state index in [1.807, 2.05) is 61.5 Å². The quantitative estimate of drug-likeness (QED) is 0.0916. The van der Waals surface area contributed by atoms with E-state index >= 15 is 0 Å². The SMILES string of the molecule is C=CCNC(=O)c1cnc2c(C)cccc2c1Nc1ccccc1CC.C=CCNC(=O)c1cnc2c(OC)cccc2c1Nc1cccc2c1CCCC2.Cl. The number of para-hydroxylation sites is 3. The molecule has 56 heavy (non-hydrogen) atoms. The Bertz CT molecular complexity index is 2380.